The van der Waals surface area contributed by atoms with Crippen molar-refractivity contribution >= 4 is 23.5 Å². The number of aromatic nitrogens is 2. The predicted molar refractivity (Wildman–Crippen MR) is 113 cm³/mol. The van der Waals surface area contributed by atoms with Crippen LogP contribution in [0.1, 0.15) is 28.8 Å². The number of rotatable bonds is 4. The van der Waals surface area contributed by atoms with Crippen LogP contribution in [0, 0.1) is 17.0 Å². The maximum atomic E-state index is 13.2. The van der Waals surface area contributed by atoms with Crippen LogP contribution in [-0.2, 0) is 4.79 Å². The summed E-state index contributed by atoms with van der Waals surface area (Å²) in [5, 5.41) is 11.0. The summed E-state index contributed by atoms with van der Waals surface area (Å²) in [7, 11) is 0. The molecule has 2 amide bonds. The van der Waals surface area contributed by atoms with Gasteiger partial charge in [0.15, 0.2) is 0 Å². The van der Waals surface area contributed by atoms with E-state index in [0.717, 1.165) is 6.42 Å². The summed E-state index contributed by atoms with van der Waals surface area (Å²) < 4.78 is 0. The quantitative estimate of drug-likeness (QED) is 0.542. The summed E-state index contributed by atoms with van der Waals surface area (Å²) in [6, 6.07) is 5.61. The van der Waals surface area contributed by atoms with Crippen LogP contribution in [0.5, 0.6) is 0 Å². The number of aryl methyl sites for hydroxylation is 1. The molecule has 2 aliphatic heterocycles. The van der Waals surface area contributed by atoms with E-state index < -0.39 is 11.0 Å². The van der Waals surface area contributed by atoms with Gasteiger partial charge in [-0.3, -0.25) is 19.7 Å². The molecule has 10 nitrogen and oxygen atoms in total. The van der Waals surface area contributed by atoms with E-state index in [1.807, 2.05) is 4.90 Å². The fraction of sp³-hybridized carbons (Fsp3) is 0.429. The van der Waals surface area contributed by atoms with Gasteiger partial charge in [0.25, 0.3) is 11.6 Å². The van der Waals surface area contributed by atoms with Crippen molar-refractivity contribution in [1.29, 1.82) is 0 Å². The lowest BCUT2D eigenvalue weighted by molar-refractivity contribution is -0.385. The Morgan fingerprint density at radius 2 is 1.81 bits per heavy atom. The largest absolute Gasteiger partial charge is 0.337 e. The highest BCUT2D eigenvalue weighted by atomic mass is 16.6. The molecular formula is C21H24N6O4. The van der Waals surface area contributed by atoms with E-state index in [-0.39, 0.29) is 17.5 Å². The Labute approximate surface area is 179 Å². The predicted octanol–water partition coefficient (Wildman–Crippen LogP) is 1.65. The number of nitro groups is 1. The molecule has 162 valence electrons. The third-order valence-electron chi connectivity index (χ3n) is 5.87. The highest BCUT2D eigenvalue weighted by Crippen LogP contribution is 2.25. The molecule has 1 aromatic carbocycles. The Bertz CT molecular complexity index is 991. The Morgan fingerprint density at radius 1 is 1.10 bits per heavy atom. The molecule has 3 heterocycles. The average molecular weight is 424 g/mol. The minimum Gasteiger partial charge on any atom is -0.337 e. The van der Waals surface area contributed by atoms with E-state index >= 15 is 0 Å². The van der Waals surface area contributed by atoms with Gasteiger partial charge < -0.3 is 14.7 Å². The van der Waals surface area contributed by atoms with E-state index in [9.17, 15) is 19.7 Å². The third-order valence-corrected chi connectivity index (χ3v) is 5.87. The standard InChI is InChI=1S/C21H24N6O4/c1-15-14-16(5-6-17(15)27(30)31)19(28)26-9-2-4-18(26)20(29)24-10-12-25(13-11-24)21-22-7-3-8-23-21/h3,5-8,14,18H,2,4,9-13H2,1H3. The van der Waals surface area contributed by atoms with E-state index in [0.29, 0.717) is 56.2 Å². The van der Waals surface area contributed by atoms with Gasteiger partial charge in [-0.2, -0.15) is 0 Å². The molecule has 1 unspecified atom stereocenters. The van der Waals surface area contributed by atoms with Crippen LogP contribution >= 0.6 is 0 Å². The second-order valence-corrected chi connectivity index (χ2v) is 7.78. The van der Waals surface area contributed by atoms with E-state index in [2.05, 4.69) is 9.97 Å². The first kappa shape index (κ1) is 20.7. The first-order chi connectivity index (χ1) is 15.0. The molecule has 4 rings (SSSR count). The van der Waals surface area contributed by atoms with Crippen LogP contribution < -0.4 is 4.90 Å². The Kier molecular flexibility index (Phi) is 5.79. The molecule has 1 atom stereocenters. The average Bonchev–Trinajstić information content (AvgIpc) is 3.28. The fourth-order valence-electron chi connectivity index (χ4n) is 4.22. The molecule has 2 fully saturated rings. The van der Waals surface area contributed by atoms with Crippen LogP contribution in [0.4, 0.5) is 11.6 Å². The highest BCUT2D eigenvalue weighted by Gasteiger charge is 2.38. The topological polar surface area (TPSA) is 113 Å². The number of amides is 2. The van der Waals surface area contributed by atoms with E-state index in [1.165, 1.54) is 18.2 Å². The minimum atomic E-state index is -0.498. The molecule has 0 radical (unpaired) electrons. The van der Waals surface area contributed by atoms with Gasteiger partial charge in [-0.1, -0.05) is 0 Å². The number of carbonyl (C=O) groups excluding carboxylic acids is 2. The van der Waals surface area contributed by atoms with E-state index in [1.54, 1.807) is 35.2 Å². The molecule has 2 aliphatic rings. The molecule has 0 bridgehead atoms. The lowest BCUT2D eigenvalue weighted by Gasteiger charge is -2.37. The second-order valence-electron chi connectivity index (χ2n) is 7.78. The fourth-order valence-corrected chi connectivity index (χ4v) is 4.22. The number of hydrogen-bond acceptors (Lipinski definition) is 7. The molecule has 10 heteroatoms. The maximum Gasteiger partial charge on any atom is 0.272 e. The molecule has 0 spiro atoms. The summed E-state index contributed by atoms with van der Waals surface area (Å²) in [6.45, 7) is 4.48. The molecule has 1 aromatic heterocycles. The van der Waals surface area contributed by atoms with Crippen LogP contribution in [0.15, 0.2) is 36.7 Å². The molecule has 0 aliphatic carbocycles. The number of piperazine rings is 1. The summed E-state index contributed by atoms with van der Waals surface area (Å²) in [5.41, 5.74) is 0.775. The van der Waals surface area contributed by atoms with Crippen LogP contribution in [0.25, 0.3) is 0 Å². The Hall–Kier alpha value is -3.56. The van der Waals surface area contributed by atoms with Gasteiger partial charge in [0.2, 0.25) is 11.9 Å². The molecule has 0 saturated carbocycles. The molecule has 31 heavy (non-hydrogen) atoms. The maximum absolute atomic E-state index is 13.2. The van der Waals surface area contributed by atoms with Gasteiger partial charge in [0.1, 0.15) is 6.04 Å². The number of benzene rings is 1. The first-order valence-corrected chi connectivity index (χ1v) is 10.3. The molecule has 2 aromatic rings. The van der Waals surface area contributed by atoms with Gasteiger partial charge >= 0.3 is 0 Å². The lowest BCUT2D eigenvalue weighted by atomic mass is 10.1. The zero-order valence-corrected chi connectivity index (χ0v) is 17.3. The lowest BCUT2D eigenvalue weighted by Crippen LogP contribution is -2.54. The number of anilines is 1. The highest BCUT2D eigenvalue weighted by molar-refractivity contribution is 5.98. The number of carbonyl (C=O) groups is 2. The van der Waals surface area contributed by atoms with Gasteiger partial charge in [-0.25, -0.2) is 9.97 Å². The van der Waals surface area contributed by atoms with Gasteiger partial charge in [-0.15, -0.1) is 0 Å². The number of likely N-dealkylation sites (tertiary alicyclic amines) is 1. The summed E-state index contributed by atoms with van der Waals surface area (Å²) >= 11 is 0. The van der Waals surface area contributed by atoms with Gasteiger partial charge in [-0.05, 0) is 38.0 Å². The molecule has 0 N–H and O–H groups in total. The van der Waals surface area contributed by atoms with E-state index in [4.69, 9.17) is 0 Å². The summed E-state index contributed by atoms with van der Waals surface area (Å²) in [4.78, 5) is 50.8. The number of nitrogens with zero attached hydrogens (tertiary/aromatic N) is 6. The van der Waals surface area contributed by atoms with Gasteiger partial charge in [0, 0.05) is 62.3 Å². The zero-order valence-electron chi connectivity index (χ0n) is 17.3. The SMILES string of the molecule is Cc1cc(C(=O)N2CCCC2C(=O)N2CCN(c3ncccn3)CC2)ccc1[N+](=O)[O-]. The van der Waals surface area contributed by atoms with Crippen molar-refractivity contribution in [3.63, 3.8) is 0 Å². The van der Waals surface area contributed by atoms with Crippen molar-refractivity contribution in [2.45, 2.75) is 25.8 Å². The summed E-state index contributed by atoms with van der Waals surface area (Å²) in [6.07, 6.45) is 4.77. The molecular weight excluding hydrogens is 400 g/mol. The van der Waals surface area contributed by atoms with Crippen molar-refractivity contribution in [3.05, 3.63) is 57.9 Å². The van der Waals surface area contributed by atoms with Gasteiger partial charge in [0.05, 0.1) is 4.92 Å². The molecule has 2 saturated heterocycles. The van der Waals surface area contributed by atoms with Crippen molar-refractivity contribution in [1.82, 2.24) is 19.8 Å². The van der Waals surface area contributed by atoms with Crippen LogP contribution in [0.3, 0.4) is 0 Å². The first-order valence-electron chi connectivity index (χ1n) is 10.3. The third kappa shape index (κ3) is 4.18. The normalized spacial score (nSPS) is 18.9. The zero-order chi connectivity index (χ0) is 22.0. The van der Waals surface area contributed by atoms with Crippen LogP contribution in [0.2, 0.25) is 0 Å². The van der Waals surface area contributed by atoms with Crippen molar-refractivity contribution < 1.29 is 14.5 Å². The Balaban J connectivity index is 1.42. The monoisotopic (exact) mass is 424 g/mol. The van der Waals surface area contributed by atoms with Crippen molar-refractivity contribution in [3.8, 4) is 0 Å². The van der Waals surface area contributed by atoms with Crippen molar-refractivity contribution in [2.24, 2.45) is 0 Å². The van der Waals surface area contributed by atoms with Crippen molar-refractivity contribution in [2.75, 3.05) is 37.6 Å². The minimum absolute atomic E-state index is 0.0223. The Morgan fingerprint density at radius 3 is 2.45 bits per heavy atom. The summed E-state index contributed by atoms with van der Waals surface area (Å²) in [5.74, 6) is 0.351. The number of nitro benzene ring substituents is 1. The smallest absolute Gasteiger partial charge is 0.272 e. The second kappa shape index (κ2) is 8.66. The number of hydrogen-bond donors (Lipinski definition) is 0. The van der Waals surface area contributed by atoms with Crippen LogP contribution in [-0.4, -0.2) is 75.3 Å².